The number of ether oxygens (including phenoxy) is 1. The summed E-state index contributed by atoms with van der Waals surface area (Å²) >= 11 is 0. The maximum atomic E-state index is 13.0. The van der Waals surface area contributed by atoms with E-state index in [1.165, 1.54) is 5.56 Å². The van der Waals surface area contributed by atoms with Crippen LogP contribution in [-0.4, -0.2) is 29.5 Å². The van der Waals surface area contributed by atoms with Crippen LogP contribution in [0, 0.1) is 6.92 Å². The number of fused-ring (bicyclic) bond motifs is 1. The van der Waals surface area contributed by atoms with Crippen LogP contribution in [0.2, 0.25) is 0 Å². The lowest BCUT2D eigenvalue weighted by Crippen LogP contribution is -2.19. The van der Waals surface area contributed by atoms with Crippen LogP contribution >= 0.6 is 0 Å². The Hall–Kier alpha value is -2.82. The lowest BCUT2D eigenvalue weighted by Gasteiger charge is -2.16. The van der Waals surface area contributed by atoms with Gasteiger partial charge in [-0.05, 0) is 44.2 Å². The zero-order valence-electron chi connectivity index (χ0n) is 16.2. The highest BCUT2D eigenvalue weighted by atomic mass is 16.5. The predicted octanol–water partition coefficient (Wildman–Crippen LogP) is 3.36. The molecule has 2 aromatic rings. The van der Waals surface area contributed by atoms with Crippen LogP contribution in [0.5, 0.6) is 0 Å². The van der Waals surface area contributed by atoms with Gasteiger partial charge in [-0.3, -0.25) is 4.79 Å². The van der Waals surface area contributed by atoms with Crippen molar-refractivity contribution in [1.29, 1.82) is 0 Å². The first-order valence-corrected chi connectivity index (χ1v) is 9.40. The van der Waals surface area contributed by atoms with E-state index in [0.717, 1.165) is 30.7 Å². The molecule has 5 heteroatoms. The number of Topliss-reactive ketones (excluding diaryl/α,β-unsaturated/α-hetero) is 1. The van der Waals surface area contributed by atoms with E-state index in [-0.39, 0.29) is 11.8 Å². The maximum absolute atomic E-state index is 13.0. The van der Waals surface area contributed by atoms with Crippen LogP contribution < -0.4 is 5.32 Å². The molecule has 27 heavy (non-hydrogen) atoms. The Balaban J connectivity index is 1.74. The van der Waals surface area contributed by atoms with Crippen molar-refractivity contribution in [1.82, 2.24) is 9.88 Å². The van der Waals surface area contributed by atoms with E-state index < -0.39 is 0 Å². The molecule has 142 valence electrons. The van der Waals surface area contributed by atoms with Gasteiger partial charge in [0.1, 0.15) is 5.69 Å². The van der Waals surface area contributed by atoms with Crippen LogP contribution in [0.4, 0.5) is 0 Å². The lowest BCUT2D eigenvalue weighted by atomic mass is 9.89. The standard InChI is InChI=1S/C22H26N2O3/c1-4-27-22(26)20-15(2)19-18(24(20)3)11-10-17(21(19)25)14-23-13-12-16-8-6-5-7-9-16/h5-9,14,23H,4,10-13H2,1-3H3/b17-14+. The van der Waals surface area contributed by atoms with Crippen LogP contribution in [0.25, 0.3) is 0 Å². The van der Waals surface area contributed by atoms with E-state index in [1.54, 1.807) is 6.92 Å². The van der Waals surface area contributed by atoms with Gasteiger partial charge in [-0.1, -0.05) is 30.3 Å². The number of benzene rings is 1. The minimum absolute atomic E-state index is 0.00658. The van der Waals surface area contributed by atoms with Crippen molar-refractivity contribution in [2.24, 2.45) is 7.05 Å². The van der Waals surface area contributed by atoms with Crippen molar-refractivity contribution < 1.29 is 14.3 Å². The second kappa shape index (κ2) is 8.25. The normalized spacial score (nSPS) is 14.9. The molecule has 0 atom stereocenters. The van der Waals surface area contributed by atoms with E-state index in [0.29, 0.717) is 29.8 Å². The van der Waals surface area contributed by atoms with E-state index in [2.05, 4.69) is 17.4 Å². The van der Waals surface area contributed by atoms with Gasteiger partial charge in [-0.2, -0.15) is 0 Å². The number of nitrogens with one attached hydrogen (secondary N) is 1. The summed E-state index contributed by atoms with van der Waals surface area (Å²) in [6.45, 7) is 4.70. The third-order valence-corrected chi connectivity index (χ3v) is 5.05. The molecule has 1 aliphatic carbocycles. The summed E-state index contributed by atoms with van der Waals surface area (Å²) in [5.41, 5.74) is 4.79. The van der Waals surface area contributed by atoms with Gasteiger partial charge in [-0.15, -0.1) is 0 Å². The fraction of sp³-hybridized carbons (Fsp3) is 0.364. The molecule has 0 unspecified atom stereocenters. The third-order valence-electron chi connectivity index (χ3n) is 5.05. The summed E-state index contributed by atoms with van der Waals surface area (Å²) in [6.07, 6.45) is 4.15. The summed E-state index contributed by atoms with van der Waals surface area (Å²) in [5, 5.41) is 3.27. The largest absolute Gasteiger partial charge is 0.461 e. The smallest absolute Gasteiger partial charge is 0.355 e. The Morgan fingerprint density at radius 1 is 1.26 bits per heavy atom. The molecule has 1 aromatic heterocycles. The molecular weight excluding hydrogens is 340 g/mol. The number of carbonyl (C=O) groups excluding carboxylic acids is 2. The van der Waals surface area contributed by atoms with Crippen molar-refractivity contribution in [2.45, 2.75) is 33.1 Å². The monoisotopic (exact) mass is 366 g/mol. The van der Waals surface area contributed by atoms with Crippen molar-refractivity contribution in [3.63, 3.8) is 0 Å². The van der Waals surface area contributed by atoms with Gasteiger partial charge in [0.15, 0.2) is 5.78 Å². The Bertz CT molecular complexity index is 879. The number of hydrogen-bond acceptors (Lipinski definition) is 4. The summed E-state index contributed by atoms with van der Waals surface area (Å²) in [6, 6.07) is 10.2. The molecule has 0 bridgehead atoms. The van der Waals surface area contributed by atoms with Gasteiger partial charge in [0.25, 0.3) is 0 Å². The molecule has 1 heterocycles. The van der Waals surface area contributed by atoms with Crippen molar-refractivity contribution in [3.05, 3.63) is 70.2 Å². The van der Waals surface area contributed by atoms with E-state index in [9.17, 15) is 9.59 Å². The summed E-state index contributed by atoms with van der Waals surface area (Å²) in [5.74, 6) is -0.363. The highest BCUT2D eigenvalue weighted by Gasteiger charge is 2.31. The molecule has 0 amide bonds. The SMILES string of the molecule is CCOC(=O)c1c(C)c2c(n1C)CC/C(=C\NCCc1ccccc1)C2=O. The molecule has 5 nitrogen and oxygen atoms in total. The molecular formula is C22H26N2O3. The van der Waals surface area contributed by atoms with Crippen LogP contribution in [0.3, 0.4) is 0 Å². The molecule has 1 aliphatic rings. The number of nitrogens with zero attached hydrogens (tertiary/aromatic N) is 1. The lowest BCUT2D eigenvalue weighted by molar-refractivity contribution is 0.0514. The fourth-order valence-corrected chi connectivity index (χ4v) is 3.69. The molecule has 1 aromatic carbocycles. The zero-order valence-corrected chi connectivity index (χ0v) is 16.2. The highest BCUT2D eigenvalue weighted by Crippen LogP contribution is 2.31. The van der Waals surface area contributed by atoms with Gasteiger partial charge in [0, 0.05) is 36.6 Å². The van der Waals surface area contributed by atoms with Crippen molar-refractivity contribution in [3.8, 4) is 0 Å². The average Bonchev–Trinajstić information content (AvgIpc) is 2.92. The van der Waals surface area contributed by atoms with Gasteiger partial charge in [0.2, 0.25) is 0 Å². The molecule has 0 spiro atoms. The highest BCUT2D eigenvalue weighted by molar-refractivity contribution is 6.13. The second-order valence-corrected chi connectivity index (χ2v) is 6.76. The molecule has 0 fully saturated rings. The van der Waals surface area contributed by atoms with Crippen LogP contribution in [0.1, 0.15) is 51.0 Å². The quantitative estimate of drug-likeness (QED) is 0.484. The number of hydrogen-bond donors (Lipinski definition) is 1. The van der Waals surface area contributed by atoms with E-state index in [1.807, 2.05) is 42.9 Å². The van der Waals surface area contributed by atoms with Crippen molar-refractivity contribution >= 4 is 11.8 Å². The summed E-state index contributed by atoms with van der Waals surface area (Å²) in [7, 11) is 1.83. The van der Waals surface area contributed by atoms with Crippen molar-refractivity contribution in [2.75, 3.05) is 13.2 Å². The molecule has 3 rings (SSSR count). The number of rotatable bonds is 6. The minimum atomic E-state index is -0.369. The van der Waals surface area contributed by atoms with E-state index >= 15 is 0 Å². The zero-order chi connectivity index (χ0) is 19.4. The molecule has 0 saturated carbocycles. The predicted molar refractivity (Wildman–Crippen MR) is 105 cm³/mol. The Morgan fingerprint density at radius 3 is 2.70 bits per heavy atom. The van der Waals surface area contributed by atoms with Crippen LogP contribution in [0.15, 0.2) is 42.1 Å². The number of carbonyl (C=O) groups is 2. The Kier molecular flexibility index (Phi) is 5.79. The van der Waals surface area contributed by atoms with E-state index in [4.69, 9.17) is 4.74 Å². The Labute approximate surface area is 160 Å². The first-order chi connectivity index (χ1) is 13.0. The number of esters is 1. The summed E-state index contributed by atoms with van der Waals surface area (Å²) in [4.78, 5) is 25.2. The summed E-state index contributed by atoms with van der Waals surface area (Å²) < 4.78 is 6.97. The number of ketones is 1. The number of allylic oxidation sites excluding steroid dienone is 1. The molecule has 0 aliphatic heterocycles. The van der Waals surface area contributed by atoms with Gasteiger partial charge in [0.05, 0.1) is 6.61 Å². The van der Waals surface area contributed by atoms with Crippen LogP contribution in [-0.2, 0) is 24.6 Å². The average molecular weight is 366 g/mol. The molecule has 0 radical (unpaired) electrons. The minimum Gasteiger partial charge on any atom is -0.461 e. The Morgan fingerprint density at radius 2 is 2.00 bits per heavy atom. The van der Waals surface area contributed by atoms with Gasteiger partial charge in [-0.25, -0.2) is 4.79 Å². The van der Waals surface area contributed by atoms with Gasteiger partial charge < -0.3 is 14.6 Å². The first kappa shape index (κ1) is 19.0. The molecule has 1 N–H and O–H groups in total. The maximum Gasteiger partial charge on any atom is 0.355 e. The van der Waals surface area contributed by atoms with Gasteiger partial charge >= 0.3 is 5.97 Å². The first-order valence-electron chi connectivity index (χ1n) is 9.40. The fourth-order valence-electron chi connectivity index (χ4n) is 3.69. The topological polar surface area (TPSA) is 60.3 Å². The molecule has 0 saturated heterocycles. The third kappa shape index (κ3) is 3.82. The number of aromatic nitrogens is 1. The second-order valence-electron chi connectivity index (χ2n) is 6.76.